The monoisotopic (exact) mass is 709 g/mol. The molecular formula is C36H51N7O8. The van der Waals surface area contributed by atoms with Crippen LogP contribution in [0, 0.1) is 5.41 Å². The average molecular weight is 710 g/mol. The number of methoxy groups -OCH3 is 1. The number of carbonyl (C=O) groups excluding carboxylic acids is 5. The summed E-state index contributed by atoms with van der Waals surface area (Å²) in [6.45, 7) is 10.5. The van der Waals surface area contributed by atoms with Crippen molar-refractivity contribution in [3.8, 4) is 5.75 Å². The summed E-state index contributed by atoms with van der Waals surface area (Å²) in [6.07, 6.45) is -0.0172. The van der Waals surface area contributed by atoms with Gasteiger partial charge in [-0.15, -0.1) is 0 Å². The number of nitrogens with zero attached hydrogens (tertiary/aromatic N) is 2. The van der Waals surface area contributed by atoms with Crippen LogP contribution in [0.25, 0.3) is 0 Å². The molecule has 0 spiro atoms. The van der Waals surface area contributed by atoms with E-state index in [0.29, 0.717) is 17.9 Å². The van der Waals surface area contributed by atoms with Crippen LogP contribution in [-0.2, 0) is 30.3 Å². The third-order valence-corrected chi connectivity index (χ3v) is 7.56. The number of nitrogens with two attached hydrogens (primary N) is 1. The van der Waals surface area contributed by atoms with E-state index in [1.807, 2.05) is 0 Å². The van der Waals surface area contributed by atoms with Gasteiger partial charge in [0, 0.05) is 37.3 Å². The molecule has 1 heterocycles. The second-order valence-electron chi connectivity index (χ2n) is 14.2. The van der Waals surface area contributed by atoms with E-state index in [9.17, 15) is 24.0 Å². The van der Waals surface area contributed by atoms with Crippen LogP contribution < -0.4 is 26.4 Å². The highest BCUT2D eigenvalue weighted by molar-refractivity contribution is 5.99. The van der Waals surface area contributed by atoms with Gasteiger partial charge < -0.3 is 45.7 Å². The fourth-order valence-electron chi connectivity index (χ4n) is 5.37. The van der Waals surface area contributed by atoms with Gasteiger partial charge in [-0.3, -0.25) is 24.6 Å². The van der Waals surface area contributed by atoms with Crippen molar-refractivity contribution in [3.63, 3.8) is 0 Å². The van der Waals surface area contributed by atoms with Crippen molar-refractivity contribution in [1.82, 2.24) is 20.4 Å². The number of hydrogen-bond donors (Lipinski definition) is 5. The van der Waals surface area contributed by atoms with E-state index < -0.39 is 53.1 Å². The highest BCUT2D eigenvalue weighted by Crippen LogP contribution is 2.21. The first-order valence-corrected chi connectivity index (χ1v) is 16.8. The molecule has 2 unspecified atom stereocenters. The summed E-state index contributed by atoms with van der Waals surface area (Å²) >= 11 is 0. The molecule has 1 aliphatic rings. The lowest BCUT2D eigenvalue weighted by Crippen LogP contribution is -2.63. The molecule has 2 aromatic carbocycles. The summed E-state index contributed by atoms with van der Waals surface area (Å²) in [5.74, 6) is -1.66. The molecule has 2 aromatic rings. The molecule has 278 valence electrons. The Morgan fingerprint density at radius 2 is 1.57 bits per heavy atom. The lowest BCUT2D eigenvalue weighted by molar-refractivity contribution is -0.163. The topological polar surface area (TPSA) is 205 Å². The minimum Gasteiger partial charge on any atom is -0.497 e. The minimum absolute atomic E-state index is 0.0737. The van der Waals surface area contributed by atoms with Gasteiger partial charge in [0.05, 0.1) is 7.11 Å². The van der Waals surface area contributed by atoms with Crippen molar-refractivity contribution < 1.29 is 38.2 Å². The zero-order chi connectivity index (χ0) is 37.9. The number of carbonyl (C=O) groups is 5. The Kier molecular flexibility index (Phi) is 13.8. The van der Waals surface area contributed by atoms with E-state index in [1.165, 1.54) is 21.9 Å². The van der Waals surface area contributed by atoms with Gasteiger partial charge in [0.15, 0.2) is 5.96 Å². The number of ether oxygens (including phenoxy) is 3. The minimum atomic E-state index is -1.08. The normalized spacial score (nSPS) is 15.4. The summed E-state index contributed by atoms with van der Waals surface area (Å²) in [6, 6.07) is 11.3. The number of hydrogen-bond acceptors (Lipinski definition) is 9. The number of piperazine rings is 1. The van der Waals surface area contributed by atoms with Crippen LogP contribution in [0.3, 0.4) is 0 Å². The van der Waals surface area contributed by atoms with E-state index in [1.54, 1.807) is 85.1 Å². The summed E-state index contributed by atoms with van der Waals surface area (Å²) in [4.78, 5) is 69.6. The van der Waals surface area contributed by atoms with Crippen molar-refractivity contribution in [2.24, 2.45) is 5.73 Å². The SMILES string of the molecule is COc1ccc(CC(NC(=O)c2ccc(NC(=N)N)cc2)C(=O)N2CCN(CC(=O)OC(C)(C)C)C(=O)C2CCCNC(=O)OC(C)(C)C)cc1. The third kappa shape index (κ3) is 13.1. The second kappa shape index (κ2) is 17.5. The fraction of sp³-hybridized carbons (Fsp3) is 0.500. The van der Waals surface area contributed by atoms with Gasteiger partial charge in [-0.1, -0.05) is 12.1 Å². The van der Waals surface area contributed by atoms with Crippen LogP contribution in [0.4, 0.5) is 10.5 Å². The first kappa shape index (κ1) is 40.1. The lowest BCUT2D eigenvalue weighted by atomic mass is 9.99. The summed E-state index contributed by atoms with van der Waals surface area (Å²) in [7, 11) is 1.54. The Morgan fingerprint density at radius 3 is 2.14 bits per heavy atom. The Morgan fingerprint density at radius 1 is 0.941 bits per heavy atom. The molecular weight excluding hydrogens is 658 g/mol. The van der Waals surface area contributed by atoms with Crippen molar-refractivity contribution >= 4 is 41.4 Å². The maximum absolute atomic E-state index is 14.4. The Labute approximate surface area is 299 Å². The highest BCUT2D eigenvalue weighted by atomic mass is 16.6. The van der Waals surface area contributed by atoms with Gasteiger partial charge in [0.2, 0.25) is 11.8 Å². The lowest BCUT2D eigenvalue weighted by Gasteiger charge is -2.42. The molecule has 0 aromatic heterocycles. The molecule has 1 fully saturated rings. The van der Waals surface area contributed by atoms with Gasteiger partial charge in [-0.2, -0.15) is 0 Å². The van der Waals surface area contributed by atoms with Crippen molar-refractivity contribution in [2.45, 2.75) is 84.1 Å². The molecule has 51 heavy (non-hydrogen) atoms. The van der Waals surface area contributed by atoms with Crippen LogP contribution in [0.1, 0.15) is 70.3 Å². The molecule has 0 radical (unpaired) electrons. The maximum Gasteiger partial charge on any atom is 0.407 e. The van der Waals surface area contributed by atoms with Gasteiger partial charge in [-0.05, 0) is 96.3 Å². The molecule has 3 rings (SSSR count). The smallest absolute Gasteiger partial charge is 0.407 e. The first-order valence-electron chi connectivity index (χ1n) is 16.8. The number of amides is 4. The molecule has 6 N–H and O–H groups in total. The largest absolute Gasteiger partial charge is 0.497 e. The Balaban J connectivity index is 1.87. The fourth-order valence-corrected chi connectivity index (χ4v) is 5.37. The van der Waals surface area contributed by atoms with Crippen LogP contribution in [0.15, 0.2) is 48.5 Å². The highest BCUT2D eigenvalue weighted by Gasteiger charge is 2.40. The predicted octanol–water partition coefficient (Wildman–Crippen LogP) is 3.03. The molecule has 0 aliphatic carbocycles. The first-order chi connectivity index (χ1) is 23.8. The van der Waals surface area contributed by atoms with E-state index in [2.05, 4.69) is 16.0 Å². The van der Waals surface area contributed by atoms with E-state index in [-0.39, 0.29) is 50.5 Å². The molecule has 15 nitrogen and oxygen atoms in total. The summed E-state index contributed by atoms with van der Waals surface area (Å²) < 4.78 is 16.0. The van der Waals surface area contributed by atoms with Crippen LogP contribution in [0.5, 0.6) is 5.75 Å². The maximum atomic E-state index is 14.4. The Bertz CT molecular complexity index is 1550. The molecule has 2 atom stereocenters. The van der Waals surface area contributed by atoms with Crippen LogP contribution >= 0.6 is 0 Å². The predicted molar refractivity (Wildman–Crippen MR) is 191 cm³/mol. The number of rotatable bonds is 13. The molecule has 15 heteroatoms. The number of nitrogens with one attached hydrogen (secondary N) is 4. The quantitative estimate of drug-likeness (QED) is 0.0890. The van der Waals surface area contributed by atoms with Crippen molar-refractivity contribution in [2.75, 3.05) is 38.6 Å². The van der Waals surface area contributed by atoms with Gasteiger partial charge in [-0.25, -0.2) is 4.79 Å². The number of guanidine groups is 1. The van der Waals surface area contributed by atoms with Gasteiger partial charge in [0.1, 0.15) is 35.6 Å². The summed E-state index contributed by atoms with van der Waals surface area (Å²) in [5, 5.41) is 15.6. The number of anilines is 1. The molecule has 0 bridgehead atoms. The number of esters is 1. The van der Waals surface area contributed by atoms with Gasteiger partial charge >= 0.3 is 12.1 Å². The summed E-state index contributed by atoms with van der Waals surface area (Å²) in [5.41, 5.74) is 5.48. The van der Waals surface area contributed by atoms with E-state index in [0.717, 1.165) is 5.56 Å². The van der Waals surface area contributed by atoms with Crippen molar-refractivity contribution in [3.05, 3.63) is 59.7 Å². The van der Waals surface area contributed by atoms with Crippen molar-refractivity contribution in [1.29, 1.82) is 5.41 Å². The van der Waals surface area contributed by atoms with E-state index in [4.69, 9.17) is 25.4 Å². The zero-order valence-corrected chi connectivity index (χ0v) is 30.5. The zero-order valence-electron chi connectivity index (χ0n) is 30.5. The third-order valence-electron chi connectivity index (χ3n) is 7.56. The molecule has 4 amide bonds. The standard InChI is InChI=1S/C36H51N7O8/c1-35(2,3)50-29(44)22-42-19-20-43(28(32(42)47)9-8-18-39-34(48)51-36(4,5)6)31(46)27(21-23-10-16-26(49-7)17-11-23)41-30(45)24-12-14-25(15-13-24)40-33(37)38/h10-17,27-28H,8-9,18-22H2,1-7H3,(H,39,48)(H,41,45)(H4,37,38,40). The second-order valence-corrected chi connectivity index (χ2v) is 14.2. The molecule has 0 saturated carbocycles. The molecule has 1 aliphatic heterocycles. The van der Waals surface area contributed by atoms with E-state index >= 15 is 0 Å². The van der Waals surface area contributed by atoms with Crippen LogP contribution in [-0.4, -0.2) is 102 Å². The number of benzene rings is 2. The number of alkyl carbamates (subject to hydrolysis) is 1. The Hall–Kier alpha value is -5.34. The van der Waals surface area contributed by atoms with Crippen LogP contribution in [0.2, 0.25) is 0 Å². The van der Waals surface area contributed by atoms with Gasteiger partial charge in [0.25, 0.3) is 5.91 Å². The molecule has 1 saturated heterocycles. The average Bonchev–Trinajstić information content (AvgIpc) is 3.02.